The molecule has 116 valence electrons. The highest BCUT2D eigenvalue weighted by Gasteiger charge is 2.18. The van der Waals surface area contributed by atoms with E-state index >= 15 is 0 Å². The highest BCUT2D eigenvalue weighted by Crippen LogP contribution is 2.33. The molecule has 4 aromatic rings. The maximum absolute atomic E-state index is 9.30. The van der Waals surface area contributed by atoms with Crippen LogP contribution in [0, 0.1) is 18.3 Å². The first-order chi connectivity index (χ1) is 11.8. The predicted octanol–water partition coefficient (Wildman–Crippen LogP) is 4.50. The Morgan fingerprint density at radius 2 is 1.83 bits per heavy atom. The molecule has 0 aliphatic heterocycles. The fourth-order valence-electron chi connectivity index (χ4n) is 2.82. The third-order valence-electron chi connectivity index (χ3n) is 4.01. The van der Waals surface area contributed by atoms with E-state index in [4.69, 9.17) is 4.98 Å². The molecule has 0 unspecified atom stereocenters. The fraction of sp³-hybridized carbons (Fsp3) is 0.105. The molecule has 5 heteroatoms. The van der Waals surface area contributed by atoms with E-state index in [1.54, 1.807) is 23.7 Å². The molecular formula is C19H14N4S. The number of pyridine rings is 1. The summed E-state index contributed by atoms with van der Waals surface area (Å²) >= 11 is 1.60. The van der Waals surface area contributed by atoms with E-state index < -0.39 is 0 Å². The number of nitrogens with zero attached hydrogens (tertiary/aromatic N) is 4. The number of nitriles is 1. The number of thiazole rings is 1. The second-order valence-corrected chi connectivity index (χ2v) is 6.42. The van der Waals surface area contributed by atoms with Gasteiger partial charge in [-0.1, -0.05) is 29.8 Å². The third kappa shape index (κ3) is 2.38. The summed E-state index contributed by atoms with van der Waals surface area (Å²) in [5.74, 6) is 0. The molecule has 0 radical (unpaired) electrons. The van der Waals surface area contributed by atoms with E-state index in [1.807, 2.05) is 12.1 Å². The topological polar surface area (TPSA) is 54.0 Å². The highest BCUT2D eigenvalue weighted by molar-refractivity contribution is 7.15. The van der Waals surface area contributed by atoms with Crippen molar-refractivity contribution in [1.29, 1.82) is 5.26 Å². The van der Waals surface area contributed by atoms with Crippen molar-refractivity contribution >= 4 is 16.3 Å². The average molecular weight is 330 g/mol. The molecule has 4 nitrogen and oxygen atoms in total. The summed E-state index contributed by atoms with van der Waals surface area (Å²) in [6.45, 7) is 2.08. The molecule has 0 atom stereocenters. The molecule has 0 saturated carbocycles. The summed E-state index contributed by atoms with van der Waals surface area (Å²) in [7, 11) is 0. The van der Waals surface area contributed by atoms with Gasteiger partial charge >= 0.3 is 0 Å². The summed E-state index contributed by atoms with van der Waals surface area (Å²) in [6, 6.07) is 14.6. The number of aryl methyl sites for hydroxylation is 1. The van der Waals surface area contributed by atoms with Crippen molar-refractivity contribution in [2.24, 2.45) is 0 Å². The second-order valence-electron chi connectivity index (χ2n) is 5.58. The Bertz CT molecular complexity index is 1040. The summed E-state index contributed by atoms with van der Waals surface area (Å²) in [6.07, 6.45) is 3.81. The van der Waals surface area contributed by atoms with E-state index in [9.17, 15) is 5.26 Å². The minimum atomic E-state index is 0.314. The number of benzene rings is 1. The van der Waals surface area contributed by atoms with Crippen LogP contribution < -0.4 is 0 Å². The van der Waals surface area contributed by atoms with Crippen molar-refractivity contribution in [2.45, 2.75) is 13.3 Å². The number of fused-ring (bicyclic) bond motifs is 1. The molecule has 4 rings (SSSR count). The van der Waals surface area contributed by atoms with Gasteiger partial charge in [-0.05, 0) is 24.6 Å². The van der Waals surface area contributed by atoms with Crippen LogP contribution in [0.15, 0.2) is 54.2 Å². The Morgan fingerprint density at radius 1 is 1.08 bits per heavy atom. The normalized spacial score (nSPS) is 10.8. The van der Waals surface area contributed by atoms with Crippen LogP contribution in [0.2, 0.25) is 0 Å². The van der Waals surface area contributed by atoms with Crippen molar-refractivity contribution in [3.8, 4) is 28.6 Å². The van der Waals surface area contributed by atoms with Crippen molar-refractivity contribution in [3.05, 3.63) is 65.4 Å². The van der Waals surface area contributed by atoms with Crippen molar-refractivity contribution in [2.75, 3.05) is 0 Å². The van der Waals surface area contributed by atoms with Crippen molar-refractivity contribution in [1.82, 2.24) is 14.4 Å². The lowest BCUT2D eigenvalue weighted by Gasteiger charge is -2.05. The lowest BCUT2D eigenvalue weighted by atomic mass is 10.1. The molecule has 0 saturated heterocycles. The van der Waals surface area contributed by atoms with Crippen LogP contribution in [-0.2, 0) is 6.42 Å². The number of rotatable bonds is 3. The van der Waals surface area contributed by atoms with Gasteiger partial charge in [0.05, 0.1) is 29.6 Å². The summed E-state index contributed by atoms with van der Waals surface area (Å²) in [5.41, 5.74) is 6.21. The molecule has 0 spiro atoms. The fourth-order valence-corrected chi connectivity index (χ4v) is 3.74. The molecule has 1 aromatic carbocycles. The zero-order valence-electron chi connectivity index (χ0n) is 13.1. The highest BCUT2D eigenvalue weighted by atomic mass is 32.1. The zero-order valence-corrected chi connectivity index (χ0v) is 13.9. The smallest absolute Gasteiger partial charge is 0.194 e. The number of imidazole rings is 1. The minimum absolute atomic E-state index is 0.314. The molecule has 0 N–H and O–H groups in total. The lowest BCUT2D eigenvalue weighted by molar-refractivity contribution is 1.08. The van der Waals surface area contributed by atoms with Gasteiger partial charge in [-0.2, -0.15) is 5.26 Å². The Hall–Kier alpha value is -2.97. The van der Waals surface area contributed by atoms with Crippen LogP contribution >= 0.6 is 11.3 Å². The maximum Gasteiger partial charge on any atom is 0.194 e. The van der Waals surface area contributed by atoms with Crippen LogP contribution in [0.4, 0.5) is 0 Å². The lowest BCUT2D eigenvalue weighted by Crippen LogP contribution is -1.95. The van der Waals surface area contributed by atoms with Crippen LogP contribution in [0.1, 0.15) is 11.3 Å². The number of aromatic nitrogens is 3. The molecule has 24 heavy (non-hydrogen) atoms. The van der Waals surface area contributed by atoms with Gasteiger partial charge < -0.3 is 0 Å². The quantitative estimate of drug-likeness (QED) is 0.556. The Balaban J connectivity index is 1.96. The monoisotopic (exact) mass is 330 g/mol. The molecule has 3 aromatic heterocycles. The average Bonchev–Trinajstić information content (AvgIpc) is 3.17. The standard InChI is InChI=1S/C19H14N4S/c1-13-2-4-14(5-3-13)17-12-24-19-22-18(15-7-10-21-11-8-15)16(6-9-20)23(17)19/h2-5,7-8,10-12H,6H2,1H3. The summed E-state index contributed by atoms with van der Waals surface area (Å²) in [5, 5.41) is 11.4. The van der Waals surface area contributed by atoms with Crippen LogP contribution in [0.3, 0.4) is 0 Å². The van der Waals surface area contributed by atoms with E-state index in [2.05, 4.69) is 52.0 Å². The van der Waals surface area contributed by atoms with Gasteiger partial charge in [0.15, 0.2) is 4.96 Å². The van der Waals surface area contributed by atoms with Gasteiger partial charge in [0.2, 0.25) is 0 Å². The van der Waals surface area contributed by atoms with Crippen LogP contribution in [0.25, 0.3) is 27.5 Å². The van der Waals surface area contributed by atoms with Crippen molar-refractivity contribution < 1.29 is 0 Å². The summed E-state index contributed by atoms with van der Waals surface area (Å²) in [4.78, 5) is 9.74. The van der Waals surface area contributed by atoms with Gasteiger partial charge in [-0.3, -0.25) is 9.38 Å². The van der Waals surface area contributed by atoms with Gasteiger partial charge in [-0.25, -0.2) is 4.98 Å². The Labute approximate surface area is 143 Å². The van der Waals surface area contributed by atoms with Gasteiger partial charge in [-0.15, -0.1) is 11.3 Å². The van der Waals surface area contributed by atoms with E-state index in [0.717, 1.165) is 33.2 Å². The van der Waals surface area contributed by atoms with Crippen LogP contribution in [-0.4, -0.2) is 14.4 Å². The van der Waals surface area contributed by atoms with E-state index in [1.165, 1.54) is 5.56 Å². The molecule has 0 aliphatic carbocycles. The Kier molecular flexibility index (Phi) is 3.60. The van der Waals surface area contributed by atoms with Gasteiger partial charge in [0.1, 0.15) is 0 Å². The first-order valence-corrected chi connectivity index (χ1v) is 8.49. The van der Waals surface area contributed by atoms with Gasteiger partial charge in [0, 0.05) is 23.3 Å². The van der Waals surface area contributed by atoms with Crippen molar-refractivity contribution in [3.63, 3.8) is 0 Å². The maximum atomic E-state index is 9.30. The molecule has 0 aliphatic rings. The van der Waals surface area contributed by atoms with E-state index in [0.29, 0.717) is 6.42 Å². The van der Waals surface area contributed by atoms with Crippen LogP contribution in [0.5, 0.6) is 0 Å². The van der Waals surface area contributed by atoms with Gasteiger partial charge in [0.25, 0.3) is 0 Å². The third-order valence-corrected chi connectivity index (χ3v) is 4.83. The number of hydrogen-bond donors (Lipinski definition) is 0. The largest absolute Gasteiger partial charge is 0.286 e. The number of hydrogen-bond acceptors (Lipinski definition) is 4. The first-order valence-electron chi connectivity index (χ1n) is 7.61. The minimum Gasteiger partial charge on any atom is -0.286 e. The van der Waals surface area contributed by atoms with E-state index in [-0.39, 0.29) is 0 Å². The summed E-state index contributed by atoms with van der Waals surface area (Å²) < 4.78 is 2.11. The molecular weight excluding hydrogens is 316 g/mol. The second kappa shape index (κ2) is 5.91. The first kappa shape index (κ1) is 14.6. The molecule has 0 fully saturated rings. The SMILES string of the molecule is Cc1ccc(-c2csc3nc(-c4ccncc4)c(CC#N)n23)cc1. The molecule has 3 heterocycles. The predicted molar refractivity (Wildman–Crippen MR) is 95.8 cm³/mol. The molecule has 0 bridgehead atoms. The Morgan fingerprint density at radius 3 is 2.54 bits per heavy atom. The molecule has 0 amide bonds. The zero-order chi connectivity index (χ0) is 16.5.